The van der Waals surface area contributed by atoms with E-state index in [-0.39, 0.29) is 24.0 Å². The molecule has 1 aromatic rings. The minimum absolute atomic E-state index is 0. The molecule has 0 bridgehead atoms. The Morgan fingerprint density at radius 1 is 1.27 bits per heavy atom. The smallest absolute Gasteiger partial charge is 0.191 e. The molecule has 0 saturated carbocycles. The van der Waals surface area contributed by atoms with Gasteiger partial charge in [0.1, 0.15) is 0 Å². The Labute approximate surface area is 156 Å². The summed E-state index contributed by atoms with van der Waals surface area (Å²) < 4.78 is 0. The summed E-state index contributed by atoms with van der Waals surface area (Å²) in [5.74, 6) is 0.847. The zero-order valence-electron chi connectivity index (χ0n) is 14.6. The number of aromatic nitrogens is 1. The lowest BCUT2D eigenvalue weighted by atomic mass is 10.3. The van der Waals surface area contributed by atoms with Gasteiger partial charge in [0, 0.05) is 24.5 Å². The number of nitrogens with one attached hydrogen (secondary N) is 2. The van der Waals surface area contributed by atoms with E-state index in [2.05, 4.69) is 53.2 Å². The summed E-state index contributed by atoms with van der Waals surface area (Å²) in [5.41, 5.74) is 1.11. The molecule has 7 heteroatoms. The molecule has 0 saturated heterocycles. The first kappa shape index (κ1) is 21.6. The average molecular weight is 439 g/mol. The Balaban J connectivity index is 0.00000441. The third-order valence-electron chi connectivity index (χ3n) is 3.64. The van der Waals surface area contributed by atoms with Gasteiger partial charge in [0.25, 0.3) is 0 Å². The molecule has 0 aromatic carbocycles. The fourth-order valence-corrected chi connectivity index (χ4v) is 3.22. The number of aryl methyl sites for hydroxylation is 2. The van der Waals surface area contributed by atoms with E-state index in [4.69, 9.17) is 0 Å². The summed E-state index contributed by atoms with van der Waals surface area (Å²) in [6.45, 7) is 14.5. The van der Waals surface area contributed by atoms with Gasteiger partial charge in [0.15, 0.2) is 5.96 Å². The highest BCUT2D eigenvalue weighted by Gasteiger charge is 2.11. The second kappa shape index (κ2) is 11.2. The van der Waals surface area contributed by atoms with E-state index in [1.54, 1.807) is 11.3 Å². The van der Waals surface area contributed by atoms with Crippen LogP contribution in [0.3, 0.4) is 0 Å². The molecular weight excluding hydrogens is 409 g/mol. The topological polar surface area (TPSA) is 52.5 Å². The highest BCUT2D eigenvalue weighted by Crippen LogP contribution is 2.16. The number of hydrogen-bond acceptors (Lipinski definition) is 4. The molecule has 2 N–H and O–H groups in total. The normalized spacial score (nSPS) is 13.0. The Morgan fingerprint density at radius 3 is 2.36 bits per heavy atom. The van der Waals surface area contributed by atoms with E-state index in [0.29, 0.717) is 6.04 Å². The molecule has 1 aromatic heterocycles. The Bertz CT molecular complexity index is 457. The van der Waals surface area contributed by atoms with Crippen LogP contribution in [0.2, 0.25) is 0 Å². The molecular formula is C15H30IN5S. The Hall–Kier alpha value is -0.410. The van der Waals surface area contributed by atoms with Crippen molar-refractivity contribution < 1.29 is 0 Å². The molecule has 128 valence electrons. The van der Waals surface area contributed by atoms with Gasteiger partial charge in [-0.1, -0.05) is 13.8 Å². The van der Waals surface area contributed by atoms with Gasteiger partial charge in [0.2, 0.25) is 0 Å². The second-order valence-corrected chi connectivity index (χ2v) is 6.41. The first-order chi connectivity index (χ1) is 10.0. The third kappa shape index (κ3) is 6.78. The predicted molar refractivity (Wildman–Crippen MR) is 108 cm³/mol. The Morgan fingerprint density at radius 2 is 1.91 bits per heavy atom. The fraction of sp³-hybridized carbons (Fsp3) is 0.733. The molecule has 5 nitrogen and oxygen atoms in total. The van der Waals surface area contributed by atoms with Gasteiger partial charge >= 0.3 is 0 Å². The van der Waals surface area contributed by atoms with E-state index in [1.807, 2.05) is 14.0 Å². The summed E-state index contributed by atoms with van der Waals surface area (Å²) in [5, 5.41) is 7.87. The van der Waals surface area contributed by atoms with Crippen molar-refractivity contribution in [2.45, 2.75) is 47.2 Å². The van der Waals surface area contributed by atoms with Crippen LogP contribution >= 0.6 is 35.3 Å². The molecule has 0 spiro atoms. The SMILES string of the molecule is CCN(CC)C(C)CNC(=NC)NCc1sc(C)nc1C.I. The van der Waals surface area contributed by atoms with Gasteiger partial charge in [-0.3, -0.25) is 9.89 Å². The van der Waals surface area contributed by atoms with Crippen molar-refractivity contribution in [2.75, 3.05) is 26.7 Å². The summed E-state index contributed by atoms with van der Waals surface area (Å²) in [6, 6.07) is 0.492. The summed E-state index contributed by atoms with van der Waals surface area (Å²) in [7, 11) is 1.81. The van der Waals surface area contributed by atoms with Crippen LogP contribution in [-0.2, 0) is 6.54 Å². The van der Waals surface area contributed by atoms with Gasteiger partial charge in [-0.25, -0.2) is 4.98 Å². The van der Waals surface area contributed by atoms with E-state index < -0.39 is 0 Å². The van der Waals surface area contributed by atoms with Crippen molar-refractivity contribution in [3.63, 3.8) is 0 Å². The molecule has 0 aliphatic rings. The molecule has 1 atom stereocenters. The van der Waals surface area contributed by atoms with Crippen LogP contribution in [-0.4, -0.2) is 48.6 Å². The molecule has 0 aliphatic heterocycles. The molecule has 1 rings (SSSR count). The molecule has 0 radical (unpaired) electrons. The second-order valence-electron chi connectivity index (χ2n) is 5.12. The van der Waals surface area contributed by atoms with Crippen LogP contribution in [0, 0.1) is 13.8 Å². The average Bonchev–Trinajstić information content (AvgIpc) is 2.78. The number of likely N-dealkylation sites (N-methyl/N-ethyl adjacent to an activating group) is 1. The number of aliphatic imine (C=N–C) groups is 1. The van der Waals surface area contributed by atoms with Crippen LogP contribution < -0.4 is 10.6 Å². The fourth-order valence-electron chi connectivity index (χ4n) is 2.34. The van der Waals surface area contributed by atoms with E-state index in [1.165, 1.54) is 4.88 Å². The lowest BCUT2D eigenvalue weighted by Crippen LogP contribution is -2.45. The molecule has 0 fully saturated rings. The van der Waals surface area contributed by atoms with E-state index in [0.717, 1.165) is 42.8 Å². The lowest BCUT2D eigenvalue weighted by Gasteiger charge is -2.27. The van der Waals surface area contributed by atoms with Crippen molar-refractivity contribution in [2.24, 2.45) is 4.99 Å². The van der Waals surface area contributed by atoms with Gasteiger partial charge in [0.05, 0.1) is 17.2 Å². The number of rotatable bonds is 7. The van der Waals surface area contributed by atoms with Crippen LogP contribution in [0.25, 0.3) is 0 Å². The Kier molecular flexibility index (Phi) is 11.0. The van der Waals surface area contributed by atoms with Crippen LogP contribution in [0.4, 0.5) is 0 Å². The van der Waals surface area contributed by atoms with Crippen molar-refractivity contribution in [3.8, 4) is 0 Å². The van der Waals surface area contributed by atoms with Gasteiger partial charge in [-0.15, -0.1) is 35.3 Å². The summed E-state index contributed by atoms with van der Waals surface area (Å²) >= 11 is 1.74. The summed E-state index contributed by atoms with van der Waals surface area (Å²) in [6.07, 6.45) is 0. The van der Waals surface area contributed by atoms with Gasteiger partial charge in [-0.2, -0.15) is 0 Å². The first-order valence-electron chi connectivity index (χ1n) is 7.63. The van der Waals surface area contributed by atoms with Crippen LogP contribution in [0.5, 0.6) is 0 Å². The highest BCUT2D eigenvalue weighted by atomic mass is 127. The maximum absolute atomic E-state index is 4.45. The lowest BCUT2D eigenvalue weighted by molar-refractivity contribution is 0.231. The number of halogens is 1. The third-order valence-corrected chi connectivity index (χ3v) is 4.71. The van der Waals surface area contributed by atoms with Crippen LogP contribution in [0.1, 0.15) is 36.3 Å². The highest BCUT2D eigenvalue weighted by molar-refractivity contribution is 14.0. The largest absolute Gasteiger partial charge is 0.355 e. The van der Waals surface area contributed by atoms with E-state index >= 15 is 0 Å². The maximum Gasteiger partial charge on any atom is 0.191 e. The monoisotopic (exact) mass is 439 g/mol. The van der Waals surface area contributed by atoms with Gasteiger partial charge in [-0.05, 0) is 33.9 Å². The molecule has 22 heavy (non-hydrogen) atoms. The number of guanidine groups is 1. The zero-order valence-corrected chi connectivity index (χ0v) is 17.7. The minimum Gasteiger partial charge on any atom is -0.355 e. The van der Waals surface area contributed by atoms with Crippen molar-refractivity contribution in [1.82, 2.24) is 20.5 Å². The molecule has 1 heterocycles. The standard InChI is InChI=1S/C15H29N5S.HI/c1-7-20(8-2)11(3)9-17-15(16-6)18-10-14-12(4)19-13(5)21-14;/h11H,7-10H2,1-6H3,(H2,16,17,18);1H. The van der Waals surface area contributed by atoms with Crippen molar-refractivity contribution in [3.05, 3.63) is 15.6 Å². The zero-order chi connectivity index (χ0) is 15.8. The van der Waals surface area contributed by atoms with Crippen LogP contribution in [0.15, 0.2) is 4.99 Å². The maximum atomic E-state index is 4.45. The van der Waals surface area contributed by atoms with Crippen molar-refractivity contribution >= 4 is 41.3 Å². The summed E-state index contributed by atoms with van der Waals surface area (Å²) in [4.78, 5) is 12.4. The number of thiazole rings is 1. The minimum atomic E-state index is 0. The molecule has 0 amide bonds. The number of hydrogen-bond donors (Lipinski definition) is 2. The molecule has 0 aliphatic carbocycles. The first-order valence-corrected chi connectivity index (χ1v) is 8.44. The number of nitrogens with zero attached hydrogens (tertiary/aromatic N) is 3. The van der Waals surface area contributed by atoms with Gasteiger partial charge < -0.3 is 10.6 Å². The molecule has 1 unspecified atom stereocenters. The predicted octanol–water partition coefficient (Wildman–Crippen LogP) is 2.77. The van der Waals surface area contributed by atoms with Crippen molar-refractivity contribution in [1.29, 1.82) is 0 Å². The van der Waals surface area contributed by atoms with E-state index in [9.17, 15) is 0 Å². The quantitative estimate of drug-likeness (QED) is 0.390.